The van der Waals surface area contributed by atoms with Gasteiger partial charge in [0.1, 0.15) is 0 Å². The van der Waals surface area contributed by atoms with Crippen LogP contribution in [0.2, 0.25) is 0 Å². The van der Waals surface area contributed by atoms with E-state index in [1.807, 2.05) is 4.90 Å². The first-order valence-electron chi connectivity index (χ1n) is 6.60. The Labute approximate surface area is 114 Å². The summed E-state index contributed by atoms with van der Waals surface area (Å²) >= 11 is 0. The molecule has 1 atom stereocenters. The van der Waals surface area contributed by atoms with Crippen molar-refractivity contribution in [3.05, 3.63) is 0 Å². The summed E-state index contributed by atoms with van der Waals surface area (Å²) < 4.78 is 4.58. The Bertz CT molecular complexity index is 354. The molecule has 0 aromatic heterocycles. The Morgan fingerprint density at radius 1 is 1.32 bits per heavy atom. The molecule has 1 rings (SSSR count). The van der Waals surface area contributed by atoms with Crippen LogP contribution in [0.25, 0.3) is 0 Å². The van der Waals surface area contributed by atoms with Crippen LogP contribution in [0, 0.1) is 18.3 Å². The molecular weight excluding hydrogens is 244 g/mol. The molecule has 0 aromatic rings. The number of hydrogen-bond acceptors (Lipinski definition) is 4. The van der Waals surface area contributed by atoms with Gasteiger partial charge in [0.05, 0.1) is 13.5 Å². The molecule has 0 aromatic carbocycles. The van der Waals surface area contributed by atoms with Gasteiger partial charge in [-0.15, -0.1) is 12.3 Å². The van der Waals surface area contributed by atoms with Crippen molar-refractivity contribution >= 4 is 11.9 Å². The molecule has 1 amide bonds. The first-order chi connectivity index (χ1) is 9.08. The van der Waals surface area contributed by atoms with Crippen LogP contribution in [-0.2, 0) is 14.3 Å². The summed E-state index contributed by atoms with van der Waals surface area (Å²) in [6.45, 7) is 5.75. The van der Waals surface area contributed by atoms with Gasteiger partial charge in [-0.1, -0.05) is 6.92 Å². The lowest BCUT2D eigenvalue weighted by Gasteiger charge is -2.35. The van der Waals surface area contributed by atoms with E-state index in [2.05, 4.69) is 15.6 Å². The van der Waals surface area contributed by atoms with Crippen LogP contribution in [0.3, 0.4) is 0 Å². The third-order valence-corrected chi connectivity index (χ3v) is 3.38. The van der Waals surface area contributed by atoms with Gasteiger partial charge in [0.2, 0.25) is 5.91 Å². The summed E-state index contributed by atoms with van der Waals surface area (Å²) in [5.74, 6) is 2.00. The zero-order valence-electron chi connectivity index (χ0n) is 11.7. The lowest BCUT2D eigenvalue weighted by molar-refractivity contribution is -0.147. The van der Waals surface area contributed by atoms with Gasteiger partial charge in [-0.2, -0.15) is 0 Å². The fourth-order valence-corrected chi connectivity index (χ4v) is 2.15. The van der Waals surface area contributed by atoms with E-state index in [9.17, 15) is 9.59 Å². The highest BCUT2D eigenvalue weighted by Crippen LogP contribution is 2.11. The van der Waals surface area contributed by atoms with Crippen LogP contribution in [0.5, 0.6) is 0 Å². The molecule has 1 aliphatic rings. The van der Waals surface area contributed by atoms with E-state index in [0.29, 0.717) is 13.1 Å². The smallest absolute Gasteiger partial charge is 0.306 e. The van der Waals surface area contributed by atoms with Crippen molar-refractivity contribution in [2.45, 2.75) is 19.8 Å². The summed E-state index contributed by atoms with van der Waals surface area (Å²) in [4.78, 5) is 27.4. The number of carbonyl (C=O) groups excluding carboxylic acids is 2. The van der Waals surface area contributed by atoms with Crippen molar-refractivity contribution in [3.63, 3.8) is 0 Å². The first-order valence-corrected chi connectivity index (χ1v) is 6.60. The fraction of sp³-hybridized carbons (Fsp3) is 0.714. The van der Waals surface area contributed by atoms with Crippen molar-refractivity contribution in [1.29, 1.82) is 0 Å². The van der Waals surface area contributed by atoms with E-state index in [1.165, 1.54) is 7.11 Å². The molecule has 0 aliphatic carbocycles. The number of rotatable bonds is 5. The number of piperazine rings is 1. The Balaban J connectivity index is 2.36. The van der Waals surface area contributed by atoms with Gasteiger partial charge in [0, 0.05) is 45.1 Å². The van der Waals surface area contributed by atoms with Crippen LogP contribution in [-0.4, -0.2) is 61.5 Å². The molecule has 1 saturated heterocycles. The summed E-state index contributed by atoms with van der Waals surface area (Å²) in [7, 11) is 1.34. The quantitative estimate of drug-likeness (QED) is 0.532. The second-order valence-electron chi connectivity index (χ2n) is 4.80. The average molecular weight is 266 g/mol. The number of carbonyl (C=O) groups is 2. The Kier molecular flexibility index (Phi) is 6.37. The first kappa shape index (κ1) is 15.5. The number of esters is 1. The average Bonchev–Trinajstić information content (AvgIpc) is 2.44. The molecule has 1 aliphatic heterocycles. The van der Waals surface area contributed by atoms with E-state index in [4.69, 9.17) is 6.42 Å². The van der Waals surface area contributed by atoms with Crippen molar-refractivity contribution < 1.29 is 14.3 Å². The Morgan fingerprint density at radius 3 is 2.47 bits per heavy atom. The van der Waals surface area contributed by atoms with Gasteiger partial charge in [0.25, 0.3) is 0 Å². The molecule has 19 heavy (non-hydrogen) atoms. The van der Waals surface area contributed by atoms with E-state index in [-0.39, 0.29) is 24.2 Å². The predicted octanol–water partition coefficient (Wildman–Crippen LogP) is 0.353. The fourth-order valence-electron chi connectivity index (χ4n) is 2.15. The van der Waals surface area contributed by atoms with E-state index in [0.717, 1.165) is 26.1 Å². The molecule has 1 fully saturated rings. The third kappa shape index (κ3) is 4.92. The molecule has 0 N–H and O–H groups in total. The zero-order chi connectivity index (χ0) is 14.3. The second-order valence-corrected chi connectivity index (χ2v) is 4.80. The molecule has 0 unspecified atom stereocenters. The maximum Gasteiger partial charge on any atom is 0.306 e. The number of amides is 1. The molecule has 106 valence electrons. The maximum absolute atomic E-state index is 12.1. The van der Waals surface area contributed by atoms with Gasteiger partial charge in [0.15, 0.2) is 0 Å². The minimum atomic E-state index is -0.339. The van der Waals surface area contributed by atoms with Crippen LogP contribution in [0.1, 0.15) is 19.8 Å². The third-order valence-electron chi connectivity index (χ3n) is 3.38. The number of terminal acetylenes is 1. The number of ether oxygens (including phenoxy) is 1. The molecule has 1 heterocycles. The summed E-state index contributed by atoms with van der Waals surface area (Å²) in [6, 6.07) is 0. The van der Waals surface area contributed by atoms with Crippen LogP contribution in [0.15, 0.2) is 0 Å². The van der Waals surface area contributed by atoms with Gasteiger partial charge in [-0.3, -0.25) is 14.5 Å². The van der Waals surface area contributed by atoms with Gasteiger partial charge >= 0.3 is 5.97 Å². The topological polar surface area (TPSA) is 49.9 Å². The van der Waals surface area contributed by atoms with Crippen molar-refractivity contribution in [2.24, 2.45) is 5.92 Å². The summed E-state index contributed by atoms with van der Waals surface area (Å²) in [6.07, 6.45) is 6.12. The van der Waals surface area contributed by atoms with Crippen molar-refractivity contribution in [3.8, 4) is 12.3 Å². The Morgan fingerprint density at radius 2 is 1.95 bits per heavy atom. The van der Waals surface area contributed by atoms with Crippen LogP contribution >= 0.6 is 0 Å². The highest BCUT2D eigenvalue weighted by atomic mass is 16.5. The minimum absolute atomic E-state index is 0.0296. The highest BCUT2D eigenvalue weighted by Gasteiger charge is 2.26. The molecule has 0 spiro atoms. The molecule has 5 heteroatoms. The van der Waals surface area contributed by atoms with Gasteiger partial charge < -0.3 is 9.64 Å². The Hall–Kier alpha value is -1.54. The molecule has 0 saturated carbocycles. The predicted molar refractivity (Wildman–Crippen MR) is 72.3 cm³/mol. The standard InChI is InChI=1S/C14H22N2O3/c1-4-5-6-15-7-9-16(10-8-15)14(18)12(2)11-13(17)19-3/h1,12H,5-11H2,2-3H3/t12-/m0/s1. The minimum Gasteiger partial charge on any atom is -0.469 e. The van der Waals surface area contributed by atoms with Crippen LogP contribution in [0.4, 0.5) is 0 Å². The second kappa shape index (κ2) is 7.80. The number of methoxy groups -OCH3 is 1. The van der Waals surface area contributed by atoms with Gasteiger partial charge in [-0.05, 0) is 0 Å². The number of nitrogens with zero attached hydrogens (tertiary/aromatic N) is 2. The molecule has 0 radical (unpaired) electrons. The SMILES string of the molecule is C#CCCN1CCN(C(=O)[C@@H](C)CC(=O)OC)CC1. The normalized spacial score (nSPS) is 17.6. The van der Waals surface area contributed by atoms with Crippen molar-refractivity contribution in [1.82, 2.24) is 9.80 Å². The highest BCUT2D eigenvalue weighted by molar-refractivity contribution is 5.83. The zero-order valence-corrected chi connectivity index (χ0v) is 11.7. The van der Waals surface area contributed by atoms with Crippen LogP contribution < -0.4 is 0 Å². The van der Waals surface area contributed by atoms with Crippen molar-refractivity contribution in [2.75, 3.05) is 39.8 Å². The largest absolute Gasteiger partial charge is 0.469 e. The van der Waals surface area contributed by atoms with E-state index >= 15 is 0 Å². The van der Waals surface area contributed by atoms with Gasteiger partial charge in [-0.25, -0.2) is 0 Å². The monoisotopic (exact) mass is 266 g/mol. The lowest BCUT2D eigenvalue weighted by Crippen LogP contribution is -2.50. The lowest BCUT2D eigenvalue weighted by atomic mass is 10.1. The van der Waals surface area contributed by atoms with E-state index < -0.39 is 0 Å². The summed E-state index contributed by atoms with van der Waals surface area (Å²) in [5.41, 5.74) is 0. The summed E-state index contributed by atoms with van der Waals surface area (Å²) in [5, 5.41) is 0. The molecular formula is C14H22N2O3. The number of hydrogen-bond donors (Lipinski definition) is 0. The molecule has 5 nitrogen and oxygen atoms in total. The molecule has 0 bridgehead atoms. The maximum atomic E-state index is 12.1. The van der Waals surface area contributed by atoms with E-state index in [1.54, 1.807) is 6.92 Å².